The van der Waals surface area contributed by atoms with E-state index in [-0.39, 0.29) is 25.2 Å². The van der Waals surface area contributed by atoms with Crippen LogP contribution in [0.4, 0.5) is 0 Å². The Morgan fingerprint density at radius 3 is 1.14 bits per heavy atom. The fraction of sp³-hybridized carbons (Fsp3) is 0.731. The van der Waals surface area contributed by atoms with Gasteiger partial charge in [0, 0.05) is 12.8 Å². The molecule has 0 spiro atoms. The molecule has 0 rings (SSSR count). The maximum atomic E-state index is 12.2. The van der Waals surface area contributed by atoms with Gasteiger partial charge in [-0.05, 0) is 64.2 Å². The molecule has 0 fully saturated rings. The molecule has 5 heteroatoms. The van der Waals surface area contributed by atoms with Crippen molar-refractivity contribution in [3.63, 3.8) is 0 Å². The second kappa shape index (κ2) is 47.7. The summed E-state index contributed by atoms with van der Waals surface area (Å²) in [6, 6.07) is 0. The van der Waals surface area contributed by atoms with E-state index >= 15 is 0 Å². The Kier molecular flexibility index (Phi) is 45.5. The number of aliphatic hydroxyl groups is 1. The van der Waals surface area contributed by atoms with Crippen molar-refractivity contribution in [3.8, 4) is 0 Å². The van der Waals surface area contributed by atoms with Gasteiger partial charge in [-0.1, -0.05) is 222 Å². The lowest BCUT2D eigenvalue weighted by molar-refractivity contribution is -0.161. The highest BCUT2D eigenvalue weighted by molar-refractivity contribution is 5.70. The number of carbonyl (C=O) groups excluding carboxylic acids is 2. The molecule has 0 radical (unpaired) electrons. The van der Waals surface area contributed by atoms with Crippen LogP contribution < -0.4 is 0 Å². The summed E-state index contributed by atoms with van der Waals surface area (Å²) in [6.07, 6.45) is 64.7. The molecule has 0 aromatic heterocycles. The third-order valence-corrected chi connectivity index (χ3v) is 10.3. The molecule has 0 saturated carbocycles. The van der Waals surface area contributed by atoms with Gasteiger partial charge in [-0.3, -0.25) is 9.59 Å². The molecular formula is C52H90O5. The van der Waals surface area contributed by atoms with Crippen molar-refractivity contribution >= 4 is 11.9 Å². The summed E-state index contributed by atoms with van der Waals surface area (Å²) < 4.78 is 10.5. The molecular weight excluding hydrogens is 705 g/mol. The van der Waals surface area contributed by atoms with Gasteiger partial charge in [-0.2, -0.15) is 0 Å². The second-order valence-electron chi connectivity index (χ2n) is 15.8. The van der Waals surface area contributed by atoms with Crippen molar-refractivity contribution in [2.24, 2.45) is 0 Å². The highest BCUT2D eigenvalue weighted by atomic mass is 16.6. The van der Waals surface area contributed by atoms with E-state index in [9.17, 15) is 14.7 Å². The summed E-state index contributed by atoms with van der Waals surface area (Å²) >= 11 is 0. The molecule has 0 aromatic rings. The Balaban J connectivity index is 3.42. The van der Waals surface area contributed by atoms with E-state index in [1.165, 1.54) is 122 Å². The van der Waals surface area contributed by atoms with Gasteiger partial charge in [0.25, 0.3) is 0 Å². The van der Waals surface area contributed by atoms with E-state index < -0.39 is 6.10 Å². The standard InChI is InChI=1S/C52H90O5/c1-3-5-7-9-11-12-13-14-15-16-17-18-19-20-21-22-23-24-25-26-27-28-29-30-31-32-33-34-35-36-37-38-39-40-41-43-45-47-52(55)57-50(48-53)49-56-51(54)46-44-42-10-8-6-4-2/h5,7,11-12,14-15,17-18,20-21,23-24,50,53H,3-4,6,8-10,13,16,19,22,25-49H2,1-2H3/b7-5-,12-11-,15-14-,18-17-,21-20-,24-23-. The van der Waals surface area contributed by atoms with Crippen LogP contribution in [0.3, 0.4) is 0 Å². The third-order valence-electron chi connectivity index (χ3n) is 10.3. The van der Waals surface area contributed by atoms with Crippen LogP contribution in [0.1, 0.15) is 226 Å². The van der Waals surface area contributed by atoms with E-state index in [0.29, 0.717) is 12.8 Å². The number of carbonyl (C=O) groups is 2. The van der Waals surface area contributed by atoms with Crippen molar-refractivity contribution in [1.29, 1.82) is 0 Å². The zero-order chi connectivity index (χ0) is 41.4. The van der Waals surface area contributed by atoms with Crippen molar-refractivity contribution in [2.75, 3.05) is 13.2 Å². The minimum Gasteiger partial charge on any atom is -0.462 e. The maximum Gasteiger partial charge on any atom is 0.306 e. The van der Waals surface area contributed by atoms with Crippen LogP contribution in [-0.2, 0) is 19.1 Å². The average molecular weight is 795 g/mol. The average Bonchev–Trinajstić information content (AvgIpc) is 3.21. The first-order chi connectivity index (χ1) is 28.1. The van der Waals surface area contributed by atoms with Gasteiger partial charge < -0.3 is 14.6 Å². The summed E-state index contributed by atoms with van der Waals surface area (Å²) in [5.74, 6) is -0.597. The highest BCUT2D eigenvalue weighted by Crippen LogP contribution is 2.15. The van der Waals surface area contributed by atoms with Crippen molar-refractivity contribution in [1.82, 2.24) is 0 Å². The summed E-state index contributed by atoms with van der Waals surface area (Å²) in [5, 5.41) is 9.51. The van der Waals surface area contributed by atoms with Crippen LogP contribution in [0.25, 0.3) is 0 Å². The van der Waals surface area contributed by atoms with Gasteiger partial charge in [0.05, 0.1) is 6.61 Å². The molecule has 0 aliphatic rings. The molecule has 328 valence electrons. The number of rotatable bonds is 43. The van der Waals surface area contributed by atoms with Crippen molar-refractivity contribution < 1.29 is 24.2 Å². The van der Waals surface area contributed by atoms with Crippen LogP contribution in [0, 0.1) is 0 Å². The quantitative estimate of drug-likeness (QED) is 0.0378. The Labute approximate surface area is 353 Å². The lowest BCUT2D eigenvalue weighted by atomic mass is 10.0. The zero-order valence-electron chi connectivity index (χ0n) is 37.3. The molecule has 0 aliphatic heterocycles. The third kappa shape index (κ3) is 45.9. The van der Waals surface area contributed by atoms with Crippen LogP contribution in [-0.4, -0.2) is 36.4 Å². The zero-order valence-corrected chi connectivity index (χ0v) is 37.3. The van der Waals surface area contributed by atoms with E-state index in [4.69, 9.17) is 9.47 Å². The van der Waals surface area contributed by atoms with Gasteiger partial charge in [-0.25, -0.2) is 0 Å². The van der Waals surface area contributed by atoms with Gasteiger partial charge in [0.15, 0.2) is 6.10 Å². The van der Waals surface area contributed by atoms with E-state index in [1.807, 2.05) is 0 Å². The van der Waals surface area contributed by atoms with E-state index in [2.05, 4.69) is 86.8 Å². The first kappa shape index (κ1) is 54.3. The molecule has 0 saturated heterocycles. The van der Waals surface area contributed by atoms with Gasteiger partial charge in [-0.15, -0.1) is 0 Å². The minimum absolute atomic E-state index is 0.0648. The van der Waals surface area contributed by atoms with Gasteiger partial charge in [0.1, 0.15) is 6.61 Å². The predicted octanol–water partition coefficient (Wildman–Crippen LogP) is 15.7. The Morgan fingerprint density at radius 2 is 0.754 bits per heavy atom. The van der Waals surface area contributed by atoms with Crippen LogP contribution in [0.15, 0.2) is 72.9 Å². The molecule has 0 bridgehead atoms. The SMILES string of the molecule is CC/C=C\C/C=C\C/C=C\C/C=C\C/C=C\C/C=C\CCCCCCCCCCCCCCCCCCCCC(=O)OC(CO)COC(=O)CCCCCCCC. The topological polar surface area (TPSA) is 72.8 Å². The lowest BCUT2D eigenvalue weighted by Crippen LogP contribution is -2.28. The lowest BCUT2D eigenvalue weighted by Gasteiger charge is -2.15. The molecule has 1 N–H and O–H groups in total. The monoisotopic (exact) mass is 795 g/mol. The normalized spacial score (nSPS) is 12.8. The number of esters is 2. The highest BCUT2D eigenvalue weighted by Gasteiger charge is 2.16. The molecule has 0 aliphatic carbocycles. The summed E-state index contributed by atoms with van der Waals surface area (Å²) in [7, 11) is 0. The van der Waals surface area contributed by atoms with Crippen LogP contribution in [0.2, 0.25) is 0 Å². The van der Waals surface area contributed by atoms with E-state index in [0.717, 1.165) is 77.0 Å². The number of hydrogen-bond donors (Lipinski definition) is 1. The van der Waals surface area contributed by atoms with Crippen LogP contribution in [0.5, 0.6) is 0 Å². The van der Waals surface area contributed by atoms with Crippen molar-refractivity contribution in [2.45, 2.75) is 232 Å². The number of hydrogen-bond acceptors (Lipinski definition) is 5. The smallest absolute Gasteiger partial charge is 0.306 e. The Bertz CT molecular complexity index is 1040. The fourth-order valence-electron chi connectivity index (χ4n) is 6.68. The summed E-state index contributed by atoms with van der Waals surface area (Å²) in [5.41, 5.74) is 0. The fourth-order valence-corrected chi connectivity index (χ4v) is 6.68. The summed E-state index contributed by atoms with van der Waals surface area (Å²) in [4.78, 5) is 24.1. The summed E-state index contributed by atoms with van der Waals surface area (Å²) in [6.45, 7) is 3.96. The predicted molar refractivity (Wildman–Crippen MR) is 246 cm³/mol. The Hall–Kier alpha value is -2.66. The number of unbranched alkanes of at least 4 members (excludes halogenated alkanes) is 23. The molecule has 0 aromatic carbocycles. The number of allylic oxidation sites excluding steroid dienone is 12. The minimum atomic E-state index is -0.767. The van der Waals surface area contributed by atoms with Gasteiger partial charge in [0.2, 0.25) is 0 Å². The first-order valence-corrected chi connectivity index (χ1v) is 24.0. The molecule has 1 atom stereocenters. The van der Waals surface area contributed by atoms with Crippen molar-refractivity contribution in [3.05, 3.63) is 72.9 Å². The number of ether oxygens (including phenoxy) is 2. The molecule has 0 amide bonds. The molecule has 57 heavy (non-hydrogen) atoms. The first-order valence-electron chi connectivity index (χ1n) is 24.0. The molecule has 5 nitrogen and oxygen atoms in total. The molecule has 1 unspecified atom stereocenters. The second-order valence-corrected chi connectivity index (χ2v) is 15.8. The number of aliphatic hydroxyl groups excluding tert-OH is 1. The molecule has 0 heterocycles. The maximum absolute atomic E-state index is 12.2. The van der Waals surface area contributed by atoms with Gasteiger partial charge >= 0.3 is 11.9 Å². The van der Waals surface area contributed by atoms with E-state index in [1.54, 1.807) is 0 Å². The Morgan fingerprint density at radius 1 is 0.421 bits per heavy atom. The van der Waals surface area contributed by atoms with Crippen LogP contribution >= 0.6 is 0 Å². The largest absolute Gasteiger partial charge is 0.462 e.